The van der Waals surface area contributed by atoms with Crippen LogP contribution in [0.4, 0.5) is 0 Å². The minimum absolute atomic E-state index is 0.114. The van der Waals surface area contributed by atoms with Crippen molar-refractivity contribution in [2.24, 2.45) is 0 Å². The van der Waals surface area contributed by atoms with Crippen LogP contribution in [0.2, 0.25) is 0 Å². The van der Waals surface area contributed by atoms with Gasteiger partial charge in [-0.2, -0.15) is 0 Å². The lowest BCUT2D eigenvalue weighted by atomic mass is 10.0. The summed E-state index contributed by atoms with van der Waals surface area (Å²) in [7, 11) is 1.96. The van der Waals surface area contributed by atoms with Crippen LogP contribution in [0, 0.1) is 0 Å². The van der Waals surface area contributed by atoms with Gasteiger partial charge in [-0.25, -0.2) is 0 Å². The van der Waals surface area contributed by atoms with Crippen molar-refractivity contribution in [3.63, 3.8) is 0 Å². The number of hydrogen-bond acceptors (Lipinski definition) is 4. The van der Waals surface area contributed by atoms with Crippen LogP contribution in [0.15, 0.2) is 31.8 Å². The molecular weight excluding hydrogens is 406 g/mol. The van der Waals surface area contributed by atoms with Crippen LogP contribution >= 0.6 is 43.2 Å². The minimum atomic E-state index is 0.114. The monoisotopic (exact) mass is 417 g/mol. The highest BCUT2D eigenvalue weighted by atomic mass is 79.9. The van der Waals surface area contributed by atoms with E-state index in [4.69, 9.17) is 9.47 Å². The van der Waals surface area contributed by atoms with E-state index in [2.05, 4.69) is 48.6 Å². The highest BCUT2D eigenvalue weighted by Gasteiger charge is 2.21. The second-order valence-corrected chi connectivity index (χ2v) is 7.57. The van der Waals surface area contributed by atoms with Gasteiger partial charge in [0.2, 0.25) is 0 Å². The Hall–Kier alpha value is -0.560. The number of ether oxygens (including phenoxy) is 2. The molecule has 0 bridgehead atoms. The fraction of sp³-hybridized carbons (Fsp3) is 0.286. The number of rotatable bonds is 3. The first-order valence-corrected chi connectivity index (χ1v) is 8.66. The second kappa shape index (κ2) is 6.05. The molecule has 0 saturated heterocycles. The molecular formula is C14H13Br2NO2S. The molecule has 3 rings (SSSR count). The predicted molar refractivity (Wildman–Crippen MR) is 88.1 cm³/mol. The van der Waals surface area contributed by atoms with E-state index < -0.39 is 0 Å². The van der Waals surface area contributed by atoms with Crippen LogP contribution in [0.3, 0.4) is 0 Å². The first-order valence-electron chi connectivity index (χ1n) is 6.19. The normalized spacial score (nSPS) is 15.2. The zero-order valence-electron chi connectivity index (χ0n) is 10.8. The van der Waals surface area contributed by atoms with Crippen molar-refractivity contribution in [2.45, 2.75) is 6.04 Å². The summed E-state index contributed by atoms with van der Waals surface area (Å²) in [5.41, 5.74) is 2.36. The van der Waals surface area contributed by atoms with Crippen molar-refractivity contribution < 1.29 is 9.47 Å². The highest BCUT2D eigenvalue weighted by molar-refractivity contribution is 9.11. The molecule has 1 atom stereocenters. The maximum absolute atomic E-state index is 5.67. The van der Waals surface area contributed by atoms with Gasteiger partial charge in [0.1, 0.15) is 13.2 Å². The molecule has 0 fully saturated rings. The van der Waals surface area contributed by atoms with Crippen molar-refractivity contribution in [3.05, 3.63) is 43.0 Å². The minimum Gasteiger partial charge on any atom is -0.486 e. The molecule has 106 valence electrons. The average Bonchev–Trinajstić information content (AvgIpc) is 2.86. The molecule has 1 N–H and O–H groups in total. The Morgan fingerprint density at radius 3 is 2.45 bits per heavy atom. The maximum Gasteiger partial charge on any atom is 0.162 e. The van der Waals surface area contributed by atoms with E-state index in [0.29, 0.717) is 13.2 Å². The van der Waals surface area contributed by atoms with Crippen molar-refractivity contribution in [1.82, 2.24) is 5.32 Å². The molecule has 3 nitrogen and oxygen atoms in total. The SMILES string of the molecule is CNC(c1csc(Br)c1)c1cc2c(cc1Br)OCCO2. The van der Waals surface area contributed by atoms with Crippen molar-refractivity contribution in [3.8, 4) is 11.5 Å². The number of thiophene rings is 1. The lowest BCUT2D eigenvalue weighted by Crippen LogP contribution is -2.19. The molecule has 0 radical (unpaired) electrons. The van der Waals surface area contributed by atoms with Gasteiger partial charge in [0.25, 0.3) is 0 Å². The van der Waals surface area contributed by atoms with Gasteiger partial charge in [-0.15, -0.1) is 11.3 Å². The third-order valence-electron chi connectivity index (χ3n) is 3.18. The Kier molecular flexibility index (Phi) is 4.35. The maximum atomic E-state index is 5.67. The molecule has 0 amide bonds. The number of fused-ring (bicyclic) bond motifs is 1. The van der Waals surface area contributed by atoms with Crippen molar-refractivity contribution in [1.29, 1.82) is 0 Å². The van der Waals surface area contributed by atoms with E-state index in [0.717, 1.165) is 25.3 Å². The lowest BCUT2D eigenvalue weighted by Gasteiger charge is -2.23. The van der Waals surface area contributed by atoms with Crippen LogP contribution in [-0.2, 0) is 0 Å². The van der Waals surface area contributed by atoms with Crippen molar-refractivity contribution in [2.75, 3.05) is 20.3 Å². The predicted octanol–water partition coefficient (Wildman–Crippen LogP) is 4.35. The lowest BCUT2D eigenvalue weighted by molar-refractivity contribution is 0.171. The van der Waals surface area contributed by atoms with Gasteiger partial charge in [-0.3, -0.25) is 0 Å². The zero-order valence-corrected chi connectivity index (χ0v) is 14.8. The summed E-state index contributed by atoms with van der Waals surface area (Å²) < 4.78 is 13.4. The zero-order chi connectivity index (χ0) is 14.1. The Morgan fingerprint density at radius 1 is 1.15 bits per heavy atom. The summed E-state index contributed by atoms with van der Waals surface area (Å²) in [5.74, 6) is 1.61. The summed E-state index contributed by atoms with van der Waals surface area (Å²) >= 11 is 8.83. The smallest absolute Gasteiger partial charge is 0.162 e. The van der Waals surface area contributed by atoms with E-state index in [1.165, 1.54) is 5.56 Å². The van der Waals surface area contributed by atoms with E-state index in [9.17, 15) is 0 Å². The summed E-state index contributed by atoms with van der Waals surface area (Å²) in [6, 6.07) is 6.28. The number of benzene rings is 1. The van der Waals surface area contributed by atoms with Gasteiger partial charge in [-0.05, 0) is 57.7 Å². The second-order valence-electron chi connectivity index (χ2n) is 4.42. The topological polar surface area (TPSA) is 30.5 Å². The summed E-state index contributed by atoms with van der Waals surface area (Å²) in [6.45, 7) is 1.20. The largest absolute Gasteiger partial charge is 0.486 e. The summed E-state index contributed by atoms with van der Waals surface area (Å²) in [5, 5.41) is 5.50. The molecule has 6 heteroatoms. The van der Waals surface area contributed by atoms with Crippen molar-refractivity contribution >= 4 is 43.2 Å². The first-order chi connectivity index (χ1) is 9.69. The molecule has 1 unspecified atom stereocenters. The van der Waals surface area contributed by atoms with E-state index >= 15 is 0 Å². The number of nitrogens with one attached hydrogen (secondary N) is 1. The van der Waals surface area contributed by atoms with E-state index in [-0.39, 0.29) is 6.04 Å². The van der Waals surface area contributed by atoms with Gasteiger partial charge in [0.05, 0.1) is 9.83 Å². The van der Waals surface area contributed by atoms with Gasteiger partial charge < -0.3 is 14.8 Å². The fourth-order valence-electron chi connectivity index (χ4n) is 2.28. The third-order valence-corrected chi connectivity index (χ3v) is 5.39. The number of hydrogen-bond donors (Lipinski definition) is 1. The molecule has 1 aromatic carbocycles. The van der Waals surface area contributed by atoms with Gasteiger partial charge in [0, 0.05) is 4.47 Å². The Labute approximate surface area is 138 Å². The van der Waals surface area contributed by atoms with Gasteiger partial charge in [0.15, 0.2) is 11.5 Å². The third kappa shape index (κ3) is 2.74. The first kappa shape index (κ1) is 14.4. The molecule has 0 spiro atoms. The van der Waals surface area contributed by atoms with E-state index in [1.54, 1.807) is 11.3 Å². The van der Waals surface area contributed by atoms with Crippen LogP contribution in [0.1, 0.15) is 17.2 Å². The highest BCUT2D eigenvalue weighted by Crippen LogP contribution is 2.40. The van der Waals surface area contributed by atoms with Gasteiger partial charge in [-0.1, -0.05) is 15.9 Å². The quantitative estimate of drug-likeness (QED) is 0.803. The van der Waals surface area contributed by atoms with Gasteiger partial charge >= 0.3 is 0 Å². The van der Waals surface area contributed by atoms with Crippen LogP contribution < -0.4 is 14.8 Å². The molecule has 0 saturated carbocycles. The molecule has 1 aliphatic heterocycles. The Bertz CT molecular complexity index is 630. The molecule has 2 aromatic rings. The summed E-state index contributed by atoms with van der Waals surface area (Å²) in [4.78, 5) is 0. The fourth-order valence-corrected chi connectivity index (χ4v) is 4.03. The molecule has 1 aliphatic rings. The molecule has 1 aromatic heterocycles. The summed E-state index contributed by atoms with van der Waals surface area (Å²) in [6.07, 6.45) is 0. The average molecular weight is 419 g/mol. The molecule has 0 aliphatic carbocycles. The van der Waals surface area contributed by atoms with E-state index in [1.807, 2.05) is 19.2 Å². The molecule has 2 heterocycles. The van der Waals surface area contributed by atoms with Crippen LogP contribution in [0.25, 0.3) is 0 Å². The molecule has 20 heavy (non-hydrogen) atoms. The number of halogens is 2. The van der Waals surface area contributed by atoms with Crippen LogP contribution in [-0.4, -0.2) is 20.3 Å². The van der Waals surface area contributed by atoms with Crippen LogP contribution in [0.5, 0.6) is 11.5 Å². The standard InChI is InChI=1S/C14H13Br2NO2S/c1-17-14(8-4-13(16)20-7-8)9-5-11-12(6-10(9)15)19-3-2-18-11/h4-7,14,17H,2-3H2,1H3. The Morgan fingerprint density at radius 2 is 1.85 bits per heavy atom. The Balaban J connectivity index is 2.03.